The summed E-state index contributed by atoms with van der Waals surface area (Å²) in [7, 11) is 0. The zero-order valence-electron chi connectivity index (χ0n) is 16.5. The summed E-state index contributed by atoms with van der Waals surface area (Å²) in [6.07, 6.45) is 2.94. The van der Waals surface area contributed by atoms with Crippen molar-refractivity contribution in [3.05, 3.63) is 34.2 Å². The van der Waals surface area contributed by atoms with Crippen LogP contribution in [0.15, 0.2) is 22.8 Å². The van der Waals surface area contributed by atoms with E-state index in [0.29, 0.717) is 41.1 Å². The van der Waals surface area contributed by atoms with Crippen molar-refractivity contribution in [1.82, 2.24) is 25.2 Å². The fourth-order valence-electron chi connectivity index (χ4n) is 3.96. The van der Waals surface area contributed by atoms with Gasteiger partial charge in [-0.15, -0.1) is 10.2 Å². The molecule has 1 spiro atoms. The van der Waals surface area contributed by atoms with Crippen LogP contribution < -0.4 is 9.64 Å². The number of benzene rings is 1. The third kappa shape index (κ3) is 3.75. The molecule has 13 heteroatoms. The Morgan fingerprint density at radius 1 is 1.34 bits per heavy atom. The van der Waals surface area contributed by atoms with E-state index in [9.17, 15) is 14.0 Å². The molecule has 3 aromatic rings. The minimum atomic E-state index is -1.05. The molecule has 2 aliphatic heterocycles. The van der Waals surface area contributed by atoms with Gasteiger partial charge in [-0.25, -0.2) is 9.37 Å². The summed E-state index contributed by atoms with van der Waals surface area (Å²) in [5.41, 5.74) is -0.654. The molecule has 10 nitrogen and oxygen atoms in total. The van der Waals surface area contributed by atoms with Crippen LogP contribution in [0.2, 0.25) is 0 Å². The normalized spacial score (nSPS) is 17.3. The van der Waals surface area contributed by atoms with Crippen molar-refractivity contribution in [2.45, 2.75) is 31.4 Å². The SMILES string of the molecule is O=C(O)Cn1nnc(-c2cnc(N3CCC4(CC3)CC(=O)c3c(F)ccc(Br)c3O4)s2)n1. The molecule has 1 saturated heterocycles. The van der Waals surface area contributed by atoms with Crippen molar-refractivity contribution >= 4 is 44.2 Å². The molecule has 2 aromatic heterocycles. The standard InChI is InChI=1S/C19H16BrFN6O4S/c20-10-1-2-11(21)15-12(28)7-19(31-16(10)15)3-5-26(6-4-19)18-22-8-13(32-18)17-23-25-27(24-17)9-14(29)30/h1-2,8H,3-7,9H2,(H,29,30). The predicted molar refractivity (Wildman–Crippen MR) is 114 cm³/mol. The summed E-state index contributed by atoms with van der Waals surface area (Å²) in [6, 6.07) is 2.81. The Balaban J connectivity index is 1.29. The predicted octanol–water partition coefficient (Wildman–Crippen LogP) is 2.79. The zero-order chi connectivity index (χ0) is 22.5. The van der Waals surface area contributed by atoms with E-state index in [1.807, 2.05) is 0 Å². The molecule has 0 unspecified atom stereocenters. The van der Waals surface area contributed by atoms with Gasteiger partial charge in [0.15, 0.2) is 17.5 Å². The summed E-state index contributed by atoms with van der Waals surface area (Å²) < 4.78 is 20.9. The minimum Gasteiger partial charge on any atom is -0.485 e. The van der Waals surface area contributed by atoms with E-state index in [2.05, 4.69) is 41.2 Å². The number of Topliss-reactive ketones (excluding diaryl/α,β-unsaturated/α-hetero) is 1. The maximum atomic E-state index is 14.2. The molecular weight excluding hydrogens is 507 g/mol. The molecule has 0 saturated carbocycles. The molecular formula is C19H16BrFN6O4S. The molecule has 166 valence electrons. The molecule has 4 heterocycles. The number of fused-ring (bicyclic) bond motifs is 1. The van der Waals surface area contributed by atoms with Crippen LogP contribution in [0.5, 0.6) is 5.75 Å². The maximum absolute atomic E-state index is 14.2. The number of hydrogen-bond donors (Lipinski definition) is 1. The third-order valence-electron chi connectivity index (χ3n) is 5.53. The Hall–Kier alpha value is -2.93. The number of anilines is 1. The first kappa shape index (κ1) is 20.9. The second-order valence-corrected chi connectivity index (χ2v) is 9.51. The summed E-state index contributed by atoms with van der Waals surface area (Å²) in [5, 5.41) is 21.3. The number of carboxylic acids is 1. The molecule has 0 amide bonds. The molecule has 5 rings (SSSR count). The van der Waals surface area contributed by atoms with Crippen molar-refractivity contribution in [1.29, 1.82) is 0 Å². The van der Waals surface area contributed by atoms with Gasteiger partial charge in [0, 0.05) is 25.9 Å². The van der Waals surface area contributed by atoms with Gasteiger partial charge < -0.3 is 14.7 Å². The molecule has 1 N–H and O–H groups in total. The number of aromatic nitrogens is 5. The van der Waals surface area contributed by atoms with E-state index >= 15 is 0 Å². The van der Waals surface area contributed by atoms with Gasteiger partial charge >= 0.3 is 5.97 Å². The molecule has 0 radical (unpaired) electrons. The van der Waals surface area contributed by atoms with Crippen molar-refractivity contribution in [3.63, 3.8) is 0 Å². The summed E-state index contributed by atoms with van der Waals surface area (Å²) in [6.45, 7) is 0.859. The first-order valence-corrected chi connectivity index (χ1v) is 11.4. The summed E-state index contributed by atoms with van der Waals surface area (Å²) >= 11 is 4.75. The number of halogens is 2. The van der Waals surface area contributed by atoms with Crippen LogP contribution in [0.3, 0.4) is 0 Å². The zero-order valence-corrected chi connectivity index (χ0v) is 18.9. The first-order chi connectivity index (χ1) is 15.3. The Labute approximate surface area is 193 Å². The number of aliphatic carboxylic acids is 1. The summed E-state index contributed by atoms with van der Waals surface area (Å²) in [5.74, 6) is -1.27. The lowest BCUT2D eigenvalue weighted by Crippen LogP contribution is -2.51. The highest BCUT2D eigenvalue weighted by atomic mass is 79.9. The Kier molecular flexibility index (Phi) is 5.16. The maximum Gasteiger partial charge on any atom is 0.327 e. The fraction of sp³-hybridized carbons (Fsp3) is 0.368. The van der Waals surface area contributed by atoms with Crippen LogP contribution in [0.25, 0.3) is 10.7 Å². The first-order valence-electron chi connectivity index (χ1n) is 9.74. The Morgan fingerprint density at radius 2 is 2.12 bits per heavy atom. The fourth-order valence-corrected chi connectivity index (χ4v) is 5.26. The van der Waals surface area contributed by atoms with Crippen LogP contribution >= 0.6 is 27.3 Å². The molecule has 0 bridgehead atoms. The number of tetrazole rings is 1. The van der Waals surface area contributed by atoms with Crippen molar-refractivity contribution < 1.29 is 23.8 Å². The topological polar surface area (TPSA) is 123 Å². The number of nitrogens with zero attached hydrogens (tertiary/aromatic N) is 6. The largest absolute Gasteiger partial charge is 0.485 e. The number of thiazole rings is 1. The number of rotatable bonds is 4. The number of carbonyl (C=O) groups is 2. The van der Waals surface area contributed by atoms with E-state index in [4.69, 9.17) is 9.84 Å². The van der Waals surface area contributed by atoms with Gasteiger partial charge in [-0.3, -0.25) is 9.59 Å². The number of ketones is 1. The van der Waals surface area contributed by atoms with Crippen molar-refractivity contribution in [2.24, 2.45) is 0 Å². The van der Waals surface area contributed by atoms with E-state index in [-0.39, 0.29) is 30.1 Å². The lowest BCUT2D eigenvalue weighted by molar-refractivity contribution is -0.138. The highest BCUT2D eigenvalue weighted by molar-refractivity contribution is 9.10. The van der Waals surface area contributed by atoms with E-state index < -0.39 is 17.4 Å². The smallest absolute Gasteiger partial charge is 0.327 e. The van der Waals surface area contributed by atoms with Crippen LogP contribution in [-0.4, -0.2) is 60.7 Å². The number of hydrogen-bond acceptors (Lipinski definition) is 9. The van der Waals surface area contributed by atoms with Gasteiger partial charge in [0.25, 0.3) is 0 Å². The second-order valence-electron chi connectivity index (χ2n) is 7.65. The van der Waals surface area contributed by atoms with Gasteiger partial charge in [-0.2, -0.15) is 4.80 Å². The lowest BCUT2D eigenvalue weighted by atomic mass is 9.82. The molecule has 0 aliphatic carbocycles. The molecule has 1 fully saturated rings. The molecule has 1 aromatic carbocycles. The van der Waals surface area contributed by atoms with Crippen molar-refractivity contribution in [2.75, 3.05) is 18.0 Å². The monoisotopic (exact) mass is 522 g/mol. The number of carboxylic acid groups (broad SMARTS) is 1. The highest BCUT2D eigenvalue weighted by Gasteiger charge is 2.45. The average Bonchev–Trinajstić information content (AvgIpc) is 3.40. The Bertz CT molecular complexity index is 1220. The van der Waals surface area contributed by atoms with Crippen LogP contribution in [0, 0.1) is 5.82 Å². The van der Waals surface area contributed by atoms with Crippen LogP contribution in [-0.2, 0) is 11.3 Å². The molecule has 32 heavy (non-hydrogen) atoms. The van der Waals surface area contributed by atoms with Gasteiger partial charge in [0.1, 0.15) is 17.2 Å². The quantitative estimate of drug-likeness (QED) is 0.550. The number of ether oxygens (including phenoxy) is 1. The van der Waals surface area contributed by atoms with Crippen molar-refractivity contribution in [3.8, 4) is 16.5 Å². The van der Waals surface area contributed by atoms with Gasteiger partial charge in [-0.05, 0) is 33.3 Å². The average molecular weight is 523 g/mol. The second kappa shape index (κ2) is 7.89. The van der Waals surface area contributed by atoms with E-state index in [1.165, 1.54) is 17.4 Å². The van der Waals surface area contributed by atoms with Crippen LogP contribution in [0.4, 0.5) is 9.52 Å². The van der Waals surface area contributed by atoms with E-state index in [0.717, 1.165) is 9.93 Å². The summed E-state index contributed by atoms with van der Waals surface area (Å²) in [4.78, 5) is 31.7. The van der Waals surface area contributed by atoms with Crippen LogP contribution in [0.1, 0.15) is 29.6 Å². The van der Waals surface area contributed by atoms with Gasteiger partial charge in [0.2, 0.25) is 5.82 Å². The lowest BCUT2D eigenvalue weighted by Gasteiger charge is -2.44. The molecule has 2 aliphatic rings. The van der Waals surface area contributed by atoms with Gasteiger partial charge in [-0.1, -0.05) is 11.3 Å². The Morgan fingerprint density at radius 3 is 2.88 bits per heavy atom. The number of piperidine rings is 1. The minimum absolute atomic E-state index is 0.0143. The number of carbonyl (C=O) groups excluding carboxylic acids is 1. The third-order valence-corrected chi connectivity index (χ3v) is 7.21. The highest BCUT2D eigenvalue weighted by Crippen LogP contribution is 2.44. The van der Waals surface area contributed by atoms with E-state index in [1.54, 1.807) is 12.3 Å². The molecule has 0 atom stereocenters. The van der Waals surface area contributed by atoms with Gasteiger partial charge in [0.05, 0.1) is 27.5 Å².